The van der Waals surface area contributed by atoms with E-state index in [0.29, 0.717) is 46.1 Å². The van der Waals surface area contributed by atoms with Crippen LogP contribution in [0.4, 0.5) is 0 Å². The Morgan fingerprint density at radius 2 is 1.58 bits per heavy atom. The predicted octanol–water partition coefficient (Wildman–Crippen LogP) is 0.549. The van der Waals surface area contributed by atoms with Crippen LogP contribution in [0.3, 0.4) is 0 Å². The molecule has 0 aromatic heterocycles. The van der Waals surface area contributed by atoms with Crippen LogP contribution in [0.2, 0.25) is 0 Å². The molecule has 0 aliphatic rings. The first-order valence-electron chi connectivity index (χ1n) is 6.57. The van der Waals surface area contributed by atoms with Gasteiger partial charge in [0.25, 0.3) is 0 Å². The zero-order valence-corrected chi connectivity index (χ0v) is 12.5. The third-order valence-electron chi connectivity index (χ3n) is 2.62. The standard InChI is InChI=1S/C13H27NO5/c1-12(2)14(11-13(15)17-4)5-6-18-9-10-19-8-7-16-3/h12H,5-11H2,1-4H3. The fourth-order valence-corrected chi connectivity index (χ4v) is 1.40. The molecule has 0 N–H and O–H groups in total. The van der Waals surface area contributed by atoms with Gasteiger partial charge >= 0.3 is 5.97 Å². The molecule has 0 fully saturated rings. The van der Waals surface area contributed by atoms with Gasteiger partial charge in [0.2, 0.25) is 0 Å². The molecule has 0 saturated carbocycles. The van der Waals surface area contributed by atoms with Gasteiger partial charge in [-0.05, 0) is 13.8 Å². The number of ether oxygens (including phenoxy) is 4. The van der Waals surface area contributed by atoms with Crippen LogP contribution in [-0.4, -0.2) is 77.3 Å². The van der Waals surface area contributed by atoms with E-state index in [9.17, 15) is 4.79 Å². The molecule has 0 atom stereocenters. The molecule has 0 rings (SSSR count). The molecule has 0 bridgehead atoms. The molecule has 0 aliphatic heterocycles. The molecule has 0 unspecified atom stereocenters. The van der Waals surface area contributed by atoms with E-state index >= 15 is 0 Å². The number of carbonyl (C=O) groups is 1. The van der Waals surface area contributed by atoms with E-state index in [1.54, 1.807) is 7.11 Å². The van der Waals surface area contributed by atoms with Gasteiger partial charge in [-0.3, -0.25) is 9.69 Å². The van der Waals surface area contributed by atoms with Gasteiger partial charge in [-0.25, -0.2) is 0 Å². The van der Waals surface area contributed by atoms with Crippen molar-refractivity contribution in [2.75, 3.05) is 60.3 Å². The second-order valence-corrected chi connectivity index (χ2v) is 4.36. The van der Waals surface area contributed by atoms with Crippen molar-refractivity contribution in [3.05, 3.63) is 0 Å². The van der Waals surface area contributed by atoms with Gasteiger partial charge < -0.3 is 18.9 Å². The number of hydrogen-bond acceptors (Lipinski definition) is 6. The Labute approximate surface area is 115 Å². The highest BCUT2D eigenvalue weighted by molar-refractivity contribution is 5.71. The number of carbonyl (C=O) groups excluding carboxylic acids is 1. The Kier molecular flexibility index (Phi) is 11.9. The number of hydrogen-bond donors (Lipinski definition) is 0. The van der Waals surface area contributed by atoms with Crippen LogP contribution >= 0.6 is 0 Å². The molecular formula is C13H27NO5. The maximum Gasteiger partial charge on any atom is 0.319 e. The molecule has 0 aromatic rings. The van der Waals surface area contributed by atoms with Crippen LogP contribution in [0.5, 0.6) is 0 Å². The first-order chi connectivity index (χ1) is 9.11. The summed E-state index contributed by atoms with van der Waals surface area (Å²) >= 11 is 0. The quantitative estimate of drug-likeness (QED) is 0.383. The third kappa shape index (κ3) is 10.9. The summed E-state index contributed by atoms with van der Waals surface area (Å²) in [6.45, 7) is 7.93. The lowest BCUT2D eigenvalue weighted by molar-refractivity contribution is -0.142. The lowest BCUT2D eigenvalue weighted by atomic mass is 10.3. The molecule has 0 radical (unpaired) electrons. The highest BCUT2D eigenvalue weighted by Gasteiger charge is 2.13. The fourth-order valence-electron chi connectivity index (χ4n) is 1.40. The molecule has 6 nitrogen and oxygen atoms in total. The van der Waals surface area contributed by atoms with Crippen LogP contribution < -0.4 is 0 Å². The van der Waals surface area contributed by atoms with Gasteiger partial charge in [-0.15, -0.1) is 0 Å². The number of esters is 1. The molecule has 0 amide bonds. The molecule has 0 aromatic carbocycles. The first-order valence-corrected chi connectivity index (χ1v) is 6.57. The monoisotopic (exact) mass is 277 g/mol. The molecular weight excluding hydrogens is 250 g/mol. The van der Waals surface area contributed by atoms with E-state index in [0.717, 1.165) is 0 Å². The average molecular weight is 277 g/mol. The van der Waals surface area contributed by atoms with Crippen LogP contribution in [0.25, 0.3) is 0 Å². The maximum atomic E-state index is 11.2. The predicted molar refractivity (Wildman–Crippen MR) is 72.2 cm³/mol. The molecule has 0 saturated heterocycles. The summed E-state index contributed by atoms with van der Waals surface area (Å²) in [4.78, 5) is 13.2. The zero-order chi connectivity index (χ0) is 14.5. The van der Waals surface area contributed by atoms with E-state index in [-0.39, 0.29) is 12.0 Å². The van der Waals surface area contributed by atoms with Crippen LogP contribution in [0.1, 0.15) is 13.8 Å². The van der Waals surface area contributed by atoms with Crippen molar-refractivity contribution in [3.8, 4) is 0 Å². The summed E-state index contributed by atoms with van der Waals surface area (Å²) in [7, 11) is 3.04. The van der Waals surface area contributed by atoms with E-state index in [4.69, 9.17) is 14.2 Å². The Bertz CT molecular complexity index is 223. The lowest BCUT2D eigenvalue weighted by Gasteiger charge is -2.24. The summed E-state index contributed by atoms with van der Waals surface area (Å²) in [5.41, 5.74) is 0. The van der Waals surface area contributed by atoms with Gasteiger partial charge in [0.05, 0.1) is 46.7 Å². The van der Waals surface area contributed by atoms with Crippen LogP contribution in [0, 0.1) is 0 Å². The molecule has 0 heterocycles. The fraction of sp³-hybridized carbons (Fsp3) is 0.923. The van der Waals surface area contributed by atoms with Crippen molar-refractivity contribution in [2.45, 2.75) is 19.9 Å². The minimum atomic E-state index is -0.225. The van der Waals surface area contributed by atoms with E-state index in [2.05, 4.69) is 4.74 Å². The van der Waals surface area contributed by atoms with Crippen molar-refractivity contribution >= 4 is 5.97 Å². The topological polar surface area (TPSA) is 57.2 Å². The summed E-state index contributed by atoms with van der Waals surface area (Å²) < 4.78 is 20.2. The second-order valence-electron chi connectivity index (χ2n) is 4.36. The number of rotatable bonds is 12. The van der Waals surface area contributed by atoms with Crippen molar-refractivity contribution < 1.29 is 23.7 Å². The summed E-state index contributed by atoms with van der Waals surface area (Å²) in [6, 6.07) is 0.278. The first kappa shape index (κ1) is 18.3. The Morgan fingerprint density at radius 3 is 2.11 bits per heavy atom. The van der Waals surface area contributed by atoms with E-state index in [1.165, 1.54) is 7.11 Å². The Balaban J connectivity index is 3.56. The third-order valence-corrected chi connectivity index (χ3v) is 2.62. The van der Waals surface area contributed by atoms with Crippen LogP contribution in [0.15, 0.2) is 0 Å². The van der Waals surface area contributed by atoms with Gasteiger partial charge in [-0.2, -0.15) is 0 Å². The molecule has 114 valence electrons. The summed E-state index contributed by atoms with van der Waals surface area (Å²) in [6.07, 6.45) is 0. The molecule has 0 spiro atoms. The lowest BCUT2D eigenvalue weighted by Crippen LogP contribution is -2.38. The van der Waals surface area contributed by atoms with E-state index < -0.39 is 0 Å². The summed E-state index contributed by atoms with van der Waals surface area (Å²) in [5, 5.41) is 0. The minimum absolute atomic E-state index is 0.225. The van der Waals surface area contributed by atoms with E-state index in [1.807, 2.05) is 18.7 Å². The van der Waals surface area contributed by atoms with Gasteiger partial charge in [-0.1, -0.05) is 0 Å². The molecule has 0 aliphatic carbocycles. The van der Waals surface area contributed by atoms with Crippen LogP contribution in [-0.2, 0) is 23.7 Å². The highest BCUT2D eigenvalue weighted by atomic mass is 16.5. The zero-order valence-electron chi connectivity index (χ0n) is 12.5. The van der Waals surface area contributed by atoms with Gasteiger partial charge in [0.1, 0.15) is 0 Å². The normalized spacial score (nSPS) is 11.3. The molecule has 6 heteroatoms. The van der Waals surface area contributed by atoms with Gasteiger partial charge in [0.15, 0.2) is 0 Å². The second kappa shape index (κ2) is 12.3. The number of methoxy groups -OCH3 is 2. The summed E-state index contributed by atoms with van der Waals surface area (Å²) in [5.74, 6) is -0.225. The van der Waals surface area contributed by atoms with Gasteiger partial charge in [0, 0.05) is 19.7 Å². The number of nitrogens with zero attached hydrogens (tertiary/aromatic N) is 1. The smallest absolute Gasteiger partial charge is 0.319 e. The van der Waals surface area contributed by atoms with Crippen molar-refractivity contribution in [3.63, 3.8) is 0 Å². The minimum Gasteiger partial charge on any atom is -0.468 e. The SMILES string of the molecule is COCCOCCOCCN(CC(=O)OC)C(C)C. The van der Waals surface area contributed by atoms with Crippen molar-refractivity contribution in [2.24, 2.45) is 0 Å². The maximum absolute atomic E-state index is 11.2. The van der Waals surface area contributed by atoms with Crippen molar-refractivity contribution in [1.82, 2.24) is 4.90 Å². The average Bonchev–Trinajstić information content (AvgIpc) is 2.39. The largest absolute Gasteiger partial charge is 0.468 e. The highest BCUT2D eigenvalue weighted by Crippen LogP contribution is 1.98. The Hall–Kier alpha value is -0.690. The Morgan fingerprint density at radius 1 is 1.00 bits per heavy atom. The van der Waals surface area contributed by atoms with Crippen molar-refractivity contribution in [1.29, 1.82) is 0 Å². The molecule has 19 heavy (non-hydrogen) atoms.